The summed E-state index contributed by atoms with van der Waals surface area (Å²) in [5.41, 5.74) is 2.52. The molecule has 1 aliphatic rings. The molecule has 1 N–H and O–H groups in total. The van der Waals surface area contributed by atoms with Gasteiger partial charge in [0.1, 0.15) is 17.3 Å². The van der Waals surface area contributed by atoms with E-state index in [1.54, 1.807) is 24.3 Å². The summed E-state index contributed by atoms with van der Waals surface area (Å²) in [4.78, 5) is 32.3. The van der Waals surface area contributed by atoms with Gasteiger partial charge in [-0.2, -0.15) is 0 Å². The Hall–Kier alpha value is -4.04. The van der Waals surface area contributed by atoms with Gasteiger partial charge in [0, 0.05) is 5.56 Å². The number of aryl methyl sites for hydroxylation is 1. The zero-order chi connectivity index (χ0) is 24.7. The van der Waals surface area contributed by atoms with Gasteiger partial charge in [-0.05, 0) is 61.9 Å². The number of ketones is 1. The normalized spacial score (nSPS) is 17.3. The van der Waals surface area contributed by atoms with E-state index in [2.05, 4.69) is 4.98 Å². The number of amides is 1. The van der Waals surface area contributed by atoms with E-state index in [4.69, 9.17) is 4.74 Å². The van der Waals surface area contributed by atoms with E-state index >= 15 is 0 Å². The van der Waals surface area contributed by atoms with Crippen LogP contribution < -0.4 is 9.64 Å². The monoisotopic (exact) mass is 488 g/mol. The summed E-state index contributed by atoms with van der Waals surface area (Å²) >= 11 is 1.11. The molecule has 3 aromatic carbocycles. The second-order valence-electron chi connectivity index (χ2n) is 8.15. The van der Waals surface area contributed by atoms with Gasteiger partial charge in [0.2, 0.25) is 0 Å². The lowest BCUT2D eigenvalue weighted by Crippen LogP contribution is -2.29. The van der Waals surface area contributed by atoms with Gasteiger partial charge in [-0.1, -0.05) is 41.2 Å². The van der Waals surface area contributed by atoms with E-state index < -0.39 is 23.5 Å². The molecular formula is C27H21FN2O4S. The van der Waals surface area contributed by atoms with Crippen molar-refractivity contribution in [3.05, 3.63) is 94.8 Å². The first-order chi connectivity index (χ1) is 16.9. The Bertz CT molecular complexity index is 1480. The number of aromatic nitrogens is 1. The van der Waals surface area contributed by atoms with Crippen molar-refractivity contribution in [3.8, 4) is 5.75 Å². The van der Waals surface area contributed by atoms with Gasteiger partial charge < -0.3 is 9.84 Å². The maximum absolute atomic E-state index is 13.8. The summed E-state index contributed by atoms with van der Waals surface area (Å²) < 4.78 is 19.8. The predicted molar refractivity (Wildman–Crippen MR) is 133 cm³/mol. The lowest BCUT2D eigenvalue weighted by atomic mass is 9.95. The smallest absolute Gasteiger partial charge is 0.301 e. The fourth-order valence-corrected chi connectivity index (χ4v) is 5.13. The number of thiazole rings is 1. The molecule has 0 bridgehead atoms. The minimum atomic E-state index is -0.896. The van der Waals surface area contributed by atoms with Crippen LogP contribution in [0.4, 0.5) is 9.52 Å². The van der Waals surface area contributed by atoms with Crippen LogP contribution in [0, 0.1) is 12.7 Å². The number of anilines is 1. The zero-order valence-corrected chi connectivity index (χ0v) is 19.8. The van der Waals surface area contributed by atoms with Crippen molar-refractivity contribution in [1.82, 2.24) is 4.98 Å². The number of carbonyl (C=O) groups is 2. The van der Waals surface area contributed by atoms with Gasteiger partial charge in [-0.3, -0.25) is 14.5 Å². The second kappa shape index (κ2) is 8.96. The Morgan fingerprint density at radius 2 is 1.80 bits per heavy atom. The van der Waals surface area contributed by atoms with Gasteiger partial charge in [-0.15, -0.1) is 0 Å². The van der Waals surface area contributed by atoms with Gasteiger partial charge in [-0.25, -0.2) is 9.37 Å². The Kier molecular flexibility index (Phi) is 5.82. The van der Waals surface area contributed by atoms with Crippen molar-refractivity contribution in [1.29, 1.82) is 0 Å². The van der Waals surface area contributed by atoms with E-state index in [-0.39, 0.29) is 16.5 Å². The molecule has 1 saturated heterocycles. The van der Waals surface area contributed by atoms with Crippen molar-refractivity contribution in [2.45, 2.75) is 19.9 Å². The lowest BCUT2D eigenvalue weighted by molar-refractivity contribution is -0.132. The highest BCUT2D eigenvalue weighted by atomic mass is 32.1. The molecule has 35 heavy (non-hydrogen) atoms. The number of Topliss-reactive ketones (excluding diaryl/α,β-unsaturated/α-hetero) is 1. The molecule has 1 atom stereocenters. The summed E-state index contributed by atoms with van der Waals surface area (Å²) in [5.74, 6) is -1.69. The molecular weight excluding hydrogens is 467 g/mol. The fraction of sp³-hybridized carbons (Fsp3) is 0.148. The highest BCUT2D eigenvalue weighted by Crippen LogP contribution is 2.44. The molecule has 0 saturated carbocycles. The van der Waals surface area contributed by atoms with Crippen molar-refractivity contribution in [2.24, 2.45) is 0 Å². The van der Waals surface area contributed by atoms with Crippen molar-refractivity contribution in [2.75, 3.05) is 11.5 Å². The molecule has 1 aromatic heterocycles. The number of ether oxygens (including phenoxy) is 1. The predicted octanol–water partition coefficient (Wildman–Crippen LogP) is 5.77. The molecule has 1 amide bonds. The molecule has 6 nitrogen and oxygen atoms in total. The van der Waals surface area contributed by atoms with Crippen LogP contribution in [0.5, 0.6) is 5.75 Å². The Morgan fingerprint density at radius 1 is 1.09 bits per heavy atom. The number of aliphatic hydroxyl groups is 1. The van der Waals surface area contributed by atoms with Crippen LogP contribution in [0.3, 0.4) is 0 Å². The first-order valence-electron chi connectivity index (χ1n) is 11.0. The van der Waals surface area contributed by atoms with E-state index in [1.807, 2.05) is 38.1 Å². The molecule has 0 aliphatic carbocycles. The minimum absolute atomic E-state index is 0.0338. The molecule has 1 fully saturated rings. The number of fused-ring (bicyclic) bond motifs is 1. The van der Waals surface area contributed by atoms with Gasteiger partial charge >= 0.3 is 5.91 Å². The molecule has 0 radical (unpaired) electrons. The molecule has 0 unspecified atom stereocenters. The van der Waals surface area contributed by atoms with E-state index in [0.717, 1.165) is 16.9 Å². The highest BCUT2D eigenvalue weighted by molar-refractivity contribution is 7.22. The summed E-state index contributed by atoms with van der Waals surface area (Å²) in [6.07, 6.45) is 0. The number of hydrogen-bond acceptors (Lipinski definition) is 6. The van der Waals surface area contributed by atoms with Gasteiger partial charge in [0.15, 0.2) is 5.13 Å². The third kappa shape index (κ3) is 4.06. The van der Waals surface area contributed by atoms with Crippen molar-refractivity contribution < 1.29 is 23.8 Å². The lowest BCUT2D eigenvalue weighted by Gasteiger charge is -2.23. The maximum atomic E-state index is 13.8. The second-order valence-corrected chi connectivity index (χ2v) is 9.15. The number of nitrogens with zero attached hydrogens (tertiary/aromatic N) is 2. The van der Waals surface area contributed by atoms with Crippen LogP contribution >= 0.6 is 11.3 Å². The summed E-state index contributed by atoms with van der Waals surface area (Å²) in [5, 5.41) is 11.5. The Labute approximate surface area is 204 Å². The molecule has 5 rings (SSSR count). The van der Waals surface area contributed by atoms with E-state index in [1.165, 1.54) is 23.1 Å². The standard InChI is InChI=1S/C27H21FN2O4S/c1-3-34-19-11-8-17(9-12-19)24(31)22-23(16-6-4-15(2)5-7-16)30(26(33)25(22)32)27-29-20-13-10-18(28)14-21(20)35-27/h4-14,23,31H,3H2,1-2H3/t23-/m0/s1. The van der Waals surface area contributed by atoms with E-state index in [9.17, 15) is 19.1 Å². The quantitative estimate of drug-likeness (QED) is 0.219. The maximum Gasteiger partial charge on any atom is 0.301 e. The number of benzene rings is 3. The zero-order valence-electron chi connectivity index (χ0n) is 19.0. The van der Waals surface area contributed by atoms with Crippen LogP contribution in [0.2, 0.25) is 0 Å². The first-order valence-corrected chi connectivity index (χ1v) is 11.9. The fourth-order valence-electron chi connectivity index (χ4n) is 4.11. The Balaban J connectivity index is 1.68. The van der Waals surface area contributed by atoms with Crippen molar-refractivity contribution >= 4 is 44.1 Å². The number of hydrogen-bond donors (Lipinski definition) is 1. The topological polar surface area (TPSA) is 79.7 Å². The molecule has 1 aliphatic heterocycles. The van der Waals surface area contributed by atoms with E-state index in [0.29, 0.717) is 33.7 Å². The van der Waals surface area contributed by atoms with Crippen LogP contribution in [0.1, 0.15) is 29.7 Å². The number of rotatable bonds is 5. The van der Waals surface area contributed by atoms with Gasteiger partial charge in [0.05, 0.1) is 28.4 Å². The van der Waals surface area contributed by atoms with Crippen LogP contribution in [-0.4, -0.2) is 28.4 Å². The average molecular weight is 489 g/mol. The third-order valence-electron chi connectivity index (χ3n) is 5.82. The highest BCUT2D eigenvalue weighted by Gasteiger charge is 2.48. The number of halogens is 1. The number of carbonyl (C=O) groups excluding carboxylic acids is 2. The Morgan fingerprint density at radius 3 is 2.49 bits per heavy atom. The SMILES string of the molecule is CCOc1ccc(C(O)=C2C(=O)C(=O)N(c3nc4ccc(F)cc4s3)[C@H]2c2ccc(C)cc2)cc1. The van der Waals surface area contributed by atoms with Crippen molar-refractivity contribution in [3.63, 3.8) is 0 Å². The van der Waals surface area contributed by atoms with Crippen LogP contribution in [0.25, 0.3) is 16.0 Å². The average Bonchev–Trinajstić information content (AvgIpc) is 3.37. The molecule has 2 heterocycles. The number of aliphatic hydroxyl groups excluding tert-OH is 1. The summed E-state index contributed by atoms with van der Waals surface area (Å²) in [6.45, 7) is 4.30. The molecule has 176 valence electrons. The first kappa shape index (κ1) is 22.7. The summed E-state index contributed by atoms with van der Waals surface area (Å²) in [6, 6.07) is 17.3. The molecule has 8 heteroatoms. The molecule has 4 aromatic rings. The minimum Gasteiger partial charge on any atom is -0.507 e. The molecule has 0 spiro atoms. The summed E-state index contributed by atoms with van der Waals surface area (Å²) in [7, 11) is 0. The third-order valence-corrected chi connectivity index (χ3v) is 6.84. The van der Waals surface area contributed by atoms with Crippen LogP contribution in [0.15, 0.2) is 72.3 Å². The largest absolute Gasteiger partial charge is 0.507 e. The van der Waals surface area contributed by atoms with Crippen LogP contribution in [-0.2, 0) is 9.59 Å². The van der Waals surface area contributed by atoms with Gasteiger partial charge in [0.25, 0.3) is 5.78 Å².